The third-order valence-corrected chi connectivity index (χ3v) is 5.65. The van der Waals surface area contributed by atoms with Gasteiger partial charge >= 0.3 is 0 Å². The van der Waals surface area contributed by atoms with Gasteiger partial charge in [0.2, 0.25) is 11.8 Å². The van der Waals surface area contributed by atoms with E-state index in [1.54, 1.807) is 30.3 Å². The number of ether oxygens (including phenoxy) is 2. The van der Waals surface area contributed by atoms with E-state index in [1.807, 2.05) is 0 Å². The van der Waals surface area contributed by atoms with Crippen molar-refractivity contribution in [1.82, 2.24) is 14.9 Å². The molecule has 2 fully saturated rings. The van der Waals surface area contributed by atoms with Gasteiger partial charge in [0.15, 0.2) is 0 Å². The Bertz CT molecular complexity index is 1040. The van der Waals surface area contributed by atoms with Crippen LogP contribution in [-0.4, -0.2) is 59.9 Å². The van der Waals surface area contributed by atoms with Crippen LogP contribution in [0.5, 0.6) is 5.88 Å². The van der Waals surface area contributed by atoms with Gasteiger partial charge in [-0.3, -0.25) is 4.79 Å². The molecule has 0 bridgehead atoms. The standard InChI is InChI=1S/C19H20ClFN6O3/c1-19(9-29-2,25-26-22)14-6-24-17(13-5-23-16(20)4-11(13)14)30-10-7-27(8-10)18(28)12-3-15(12)21/h4-6,10,12,15H,3,7-9H2,1-2H3/t12?,15-,19+/m0/s1. The molecule has 2 aromatic heterocycles. The molecule has 158 valence electrons. The number of rotatable bonds is 7. The Morgan fingerprint density at radius 2 is 2.17 bits per heavy atom. The van der Waals surface area contributed by atoms with Crippen LogP contribution >= 0.6 is 11.6 Å². The average Bonchev–Trinajstić information content (AvgIpc) is 3.40. The van der Waals surface area contributed by atoms with Gasteiger partial charge in [-0.1, -0.05) is 16.7 Å². The van der Waals surface area contributed by atoms with Gasteiger partial charge < -0.3 is 14.4 Å². The first-order chi connectivity index (χ1) is 14.4. The number of hydrogen-bond donors (Lipinski definition) is 0. The average molecular weight is 435 g/mol. The van der Waals surface area contributed by atoms with Gasteiger partial charge in [-0.05, 0) is 35.9 Å². The fourth-order valence-corrected chi connectivity index (χ4v) is 3.81. The third kappa shape index (κ3) is 3.74. The SMILES string of the molecule is COC[C@@](C)(N=[N+]=[N-])c1cnc(OC2CN(C(=O)C3C[C@@H]3F)C2)c2cnc(Cl)cc12. The molecule has 3 atom stereocenters. The molecular formula is C19H20ClFN6O3. The molecule has 1 saturated carbocycles. The van der Waals surface area contributed by atoms with Gasteiger partial charge in [-0.15, -0.1) is 0 Å². The first kappa shape index (κ1) is 20.6. The minimum absolute atomic E-state index is 0.143. The number of azide groups is 1. The number of hydrogen-bond acceptors (Lipinski definition) is 6. The van der Waals surface area contributed by atoms with Crippen molar-refractivity contribution in [2.24, 2.45) is 11.0 Å². The zero-order valence-electron chi connectivity index (χ0n) is 16.5. The Hall–Kier alpha value is -2.68. The molecule has 1 aliphatic carbocycles. The summed E-state index contributed by atoms with van der Waals surface area (Å²) in [6.45, 7) is 2.65. The topological polar surface area (TPSA) is 113 Å². The molecule has 1 saturated heterocycles. The van der Waals surface area contributed by atoms with Gasteiger partial charge in [0.05, 0.1) is 36.5 Å². The number of carbonyl (C=O) groups is 1. The number of alkyl halides is 1. The maximum absolute atomic E-state index is 13.1. The quantitative estimate of drug-likeness (QED) is 0.287. The van der Waals surface area contributed by atoms with Crippen LogP contribution in [0.4, 0.5) is 4.39 Å². The molecule has 9 nitrogen and oxygen atoms in total. The summed E-state index contributed by atoms with van der Waals surface area (Å²) in [7, 11) is 1.52. The van der Waals surface area contributed by atoms with Crippen LogP contribution in [0.1, 0.15) is 18.9 Å². The molecule has 4 rings (SSSR count). The summed E-state index contributed by atoms with van der Waals surface area (Å²) in [4.78, 5) is 25.1. The van der Waals surface area contributed by atoms with Gasteiger partial charge in [-0.2, -0.15) is 0 Å². The Balaban J connectivity index is 1.60. The molecule has 1 unspecified atom stereocenters. The van der Waals surface area contributed by atoms with E-state index in [4.69, 9.17) is 26.6 Å². The van der Waals surface area contributed by atoms with Crippen molar-refractivity contribution in [1.29, 1.82) is 0 Å². The molecule has 30 heavy (non-hydrogen) atoms. The summed E-state index contributed by atoms with van der Waals surface area (Å²) in [5.41, 5.74) is 8.64. The number of aromatic nitrogens is 2. The van der Waals surface area contributed by atoms with Gasteiger partial charge in [-0.25, -0.2) is 14.4 Å². The number of amides is 1. The lowest BCUT2D eigenvalue weighted by Gasteiger charge is -2.39. The highest BCUT2D eigenvalue weighted by atomic mass is 35.5. The highest BCUT2D eigenvalue weighted by Gasteiger charge is 2.48. The lowest BCUT2D eigenvalue weighted by molar-refractivity contribution is -0.141. The highest BCUT2D eigenvalue weighted by Crippen LogP contribution is 2.38. The van der Waals surface area contributed by atoms with E-state index < -0.39 is 17.6 Å². The van der Waals surface area contributed by atoms with Crippen LogP contribution < -0.4 is 4.74 Å². The maximum atomic E-state index is 13.1. The Labute approximate surface area is 176 Å². The molecule has 1 aliphatic heterocycles. The van der Waals surface area contributed by atoms with Crippen molar-refractivity contribution in [3.63, 3.8) is 0 Å². The first-order valence-electron chi connectivity index (χ1n) is 9.45. The van der Waals surface area contributed by atoms with Gasteiger partial charge in [0, 0.05) is 24.4 Å². The van der Waals surface area contributed by atoms with Crippen LogP contribution in [0.25, 0.3) is 21.2 Å². The van der Waals surface area contributed by atoms with E-state index in [0.717, 1.165) is 0 Å². The number of fused-ring (bicyclic) bond motifs is 1. The van der Waals surface area contributed by atoms with Crippen molar-refractivity contribution in [2.45, 2.75) is 31.2 Å². The monoisotopic (exact) mass is 434 g/mol. The van der Waals surface area contributed by atoms with Crippen molar-refractivity contribution in [3.8, 4) is 5.88 Å². The molecule has 1 amide bonds. The number of halogens is 2. The number of pyridine rings is 2. The molecule has 0 N–H and O–H groups in total. The zero-order chi connectivity index (χ0) is 21.5. The highest BCUT2D eigenvalue weighted by molar-refractivity contribution is 6.30. The second kappa shape index (κ2) is 7.86. The molecule has 0 aromatic carbocycles. The number of likely N-dealkylation sites (tertiary alicyclic amines) is 1. The van der Waals surface area contributed by atoms with E-state index >= 15 is 0 Å². The number of methoxy groups -OCH3 is 1. The largest absolute Gasteiger partial charge is 0.470 e. The zero-order valence-corrected chi connectivity index (χ0v) is 17.2. The summed E-state index contributed by atoms with van der Waals surface area (Å²) in [6.07, 6.45) is 2.18. The van der Waals surface area contributed by atoms with Crippen LogP contribution in [0.3, 0.4) is 0 Å². The molecule has 0 radical (unpaired) electrons. The van der Waals surface area contributed by atoms with Gasteiger partial charge in [0.1, 0.15) is 17.4 Å². The molecule has 0 spiro atoms. The van der Waals surface area contributed by atoms with Crippen LogP contribution in [0.15, 0.2) is 23.6 Å². The minimum atomic E-state index is -1.01. The van der Waals surface area contributed by atoms with E-state index in [9.17, 15) is 9.18 Å². The second-order valence-corrected chi connectivity index (χ2v) is 8.15. The summed E-state index contributed by atoms with van der Waals surface area (Å²) >= 11 is 6.11. The van der Waals surface area contributed by atoms with Crippen LogP contribution in [0, 0.1) is 5.92 Å². The summed E-state index contributed by atoms with van der Waals surface area (Å²) < 4.78 is 24.3. The minimum Gasteiger partial charge on any atom is -0.470 e. The van der Waals surface area contributed by atoms with Crippen LogP contribution in [0.2, 0.25) is 5.15 Å². The smallest absolute Gasteiger partial charge is 0.228 e. The summed E-state index contributed by atoms with van der Waals surface area (Å²) in [5.74, 6) is -0.311. The molecule has 3 heterocycles. The predicted molar refractivity (Wildman–Crippen MR) is 107 cm³/mol. The summed E-state index contributed by atoms with van der Waals surface area (Å²) in [5, 5.41) is 5.46. The fraction of sp³-hybridized carbons (Fsp3) is 0.526. The van der Waals surface area contributed by atoms with Gasteiger partial charge in [0.25, 0.3) is 0 Å². The normalized spacial score (nSPS) is 22.7. The lowest BCUT2D eigenvalue weighted by Crippen LogP contribution is -2.56. The molecule has 2 aliphatic rings. The second-order valence-electron chi connectivity index (χ2n) is 7.77. The number of carbonyl (C=O) groups excluding carboxylic acids is 1. The summed E-state index contributed by atoms with van der Waals surface area (Å²) in [6, 6.07) is 1.66. The number of nitrogens with zero attached hydrogens (tertiary/aromatic N) is 6. The predicted octanol–water partition coefficient (Wildman–Crippen LogP) is 3.40. The van der Waals surface area contributed by atoms with Crippen molar-refractivity contribution in [3.05, 3.63) is 39.6 Å². The third-order valence-electron chi connectivity index (χ3n) is 5.44. The molecular weight excluding hydrogens is 415 g/mol. The van der Waals surface area contributed by atoms with Crippen molar-refractivity contribution >= 4 is 28.3 Å². The first-order valence-corrected chi connectivity index (χ1v) is 9.83. The lowest BCUT2D eigenvalue weighted by atomic mass is 9.91. The molecule has 11 heteroatoms. The van der Waals surface area contributed by atoms with Crippen molar-refractivity contribution in [2.75, 3.05) is 26.8 Å². The van der Waals surface area contributed by atoms with E-state index in [2.05, 4.69) is 20.0 Å². The molecule has 2 aromatic rings. The van der Waals surface area contributed by atoms with E-state index in [-0.39, 0.29) is 23.8 Å². The Morgan fingerprint density at radius 3 is 2.80 bits per heavy atom. The van der Waals surface area contributed by atoms with E-state index in [1.165, 1.54) is 7.11 Å². The maximum Gasteiger partial charge on any atom is 0.228 e. The van der Waals surface area contributed by atoms with Crippen LogP contribution in [-0.2, 0) is 15.1 Å². The Morgan fingerprint density at radius 1 is 1.43 bits per heavy atom. The Kier molecular flexibility index (Phi) is 5.40. The fourth-order valence-electron chi connectivity index (χ4n) is 3.65. The van der Waals surface area contributed by atoms with Crippen molar-refractivity contribution < 1.29 is 18.7 Å². The van der Waals surface area contributed by atoms with E-state index in [0.29, 0.717) is 41.7 Å².